The average Bonchev–Trinajstić information content (AvgIpc) is 2.03. The Morgan fingerprint density at radius 2 is 2.00 bits per heavy atom. The highest BCUT2D eigenvalue weighted by Crippen LogP contribution is 2.37. The fourth-order valence-corrected chi connectivity index (χ4v) is 1.49. The fourth-order valence-electron chi connectivity index (χ4n) is 1.49. The number of hydrogen-bond donors (Lipinski definition) is 2. The summed E-state index contributed by atoms with van der Waals surface area (Å²) < 4.78 is 0. The quantitative estimate of drug-likeness (QED) is 0.559. The third-order valence-corrected chi connectivity index (χ3v) is 2.79. The maximum Gasteiger partial charge on any atom is 0.101 e. The van der Waals surface area contributed by atoms with Gasteiger partial charge in [0.2, 0.25) is 0 Å². The van der Waals surface area contributed by atoms with Crippen LogP contribution in [0.1, 0.15) is 27.2 Å². The molecule has 0 aliphatic heterocycles. The molecular formula is C11H18O2. The first-order chi connectivity index (χ1) is 5.76. The van der Waals surface area contributed by atoms with Gasteiger partial charge in [0.25, 0.3) is 0 Å². The van der Waals surface area contributed by atoms with Crippen LogP contribution in [0.3, 0.4) is 0 Å². The minimum absolute atomic E-state index is 0.242. The van der Waals surface area contributed by atoms with Gasteiger partial charge in [-0.3, -0.25) is 0 Å². The van der Waals surface area contributed by atoms with E-state index >= 15 is 0 Å². The molecule has 74 valence electrons. The molecule has 0 radical (unpaired) electrons. The maximum atomic E-state index is 9.88. The van der Waals surface area contributed by atoms with Crippen molar-refractivity contribution < 1.29 is 10.2 Å². The van der Waals surface area contributed by atoms with E-state index in [-0.39, 0.29) is 5.41 Å². The van der Waals surface area contributed by atoms with Crippen LogP contribution >= 0.6 is 0 Å². The number of hydrogen-bond acceptors (Lipinski definition) is 2. The zero-order valence-corrected chi connectivity index (χ0v) is 8.54. The van der Waals surface area contributed by atoms with E-state index in [1.165, 1.54) is 0 Å². The third-order valence-electron chi connectivity index (χ3n) is 2.79. The Hall–Kier alpha value is -0.600. The van der Waals surface area contributed by atoms with Crippen LogP contribution in [-0.2, 0) is 0 Å². The lowest BCUT2D eigenvalue weighted by atomic mass is 9.80. The Morgan fingerprint density at radius 3 is 2.54 bits per heavy atom. The molecule has 1 aliphatic rings. The Balaban J connectivity index is 3.00. The summed E-state index contributed by atoms with van der Waals surface area (Å²) in [5.74, 6) is 0. The van der Waals surface area contributed by atoms with Gasteiger partial charge in [0.1, 0.15) is 5.60 Å². The van der Waals surface area contributed by atoms with Crippen LogP contribution in [-0.4, -0.2) is 21.9 Å². The SMILES string of the molecule is C=C1CC(C)(C)C(O)C=CC1(C)O. The van der Waals surface area contributed by atoms with Crippen LogP contribution in [0.5, 0.6) is 0 Å². The fraction of sp³-hybridized carbons (Fsp3) is 0.636. The largest absolute Gasteiger partial charge is 0.388 e. The molecule has 0 bridgehead atoms. The molecule has 2 N–H and O–H groups in total. The monoisotopic (exact) mass is 182 g/mol. The van der Waals surface area contributed by atoms with E-state index < -0.39 is 11.7 Å². The molecule has 0 spiro atoms. The molecule has 2 unspecified atom stereocenters. The second-order valence-electron chi connectivity index (χ2n) is 4.72. The van der Waals surface area contributed by atoms with E-state index in [1.807, 2.05) is 13.8 Å². The molecule has 2 heteroatoms. The zero-order chi connectivity index (χ0) is 10.3. The molecule has 1 rings (SSSR count). The van der Waals surface area contributed by atoms with E-state index in [0.717, 1.165) is 5.57 Å². The van der Waals surface area contributed by atoms with E-state index in [1.54, 1.807) is 19.1 Å². The van der Waals surface area contributed by atoms with Crippen molar-refractivity contribution in [3.05, 3.63) is 24.3 Å². The van der Waals surface area contributed by atoms with Gasteiger partial charge in [0.05, 0.1) is 6.10 Å². The summed E-state index contributed by atoms with van der Waals surface area (Å²) in [6.07, 6.45) is 3.39. The molecule has 13 heavy (non-hydrogen) atoms. The lowest BCUT2D eigenvalue weighted by Gasteiger charge is -2.29. The van der Waals surface area contributed by atoms with Gasteiger partial charge in [-0.25, -0.2) is 0 Å². The molecule has 2 atom stereocenters. The smallest absolute Gasteiger partial charge is 0.101 e. The molecule has 0 saturated heterocycles. The van der Waals surface area contributed by atoms with Crippen molar-refractivity contribution in [2.24, 2.45) is 5.41 Å². The van der Waals surface area contributed by atoms with Crippen LogP contribution < -0.4 is 0 Å². The summed E-state index contributed by atoms with van der Waals surface area (Å²) >= 11 is 0. The molecule has 0 amide bonds. The predicted molar refractivity (Wildman–Crippen MR) is 53.3 cm³/mol. The Labute approximate surface area is 79.6 Å². The van der Waals surface area contributed by atoms with Crippen molar-refractivity contribution >= 4 is 0 Å². The summed E-state index contributed by atoms with van der Waals surface area (Å²) in [6.45, 7) is 9.47. The van der Waals surface area contributed by atoms with Crippen molar-refractivity contribution in [3.63, 3.8) is 0 Å². The van der Waals surface area contributed by atoms with Gasteiger partial charge in [0, 0.05) is 0 Å². The normalized spacial score (nSPS) is 38.8. The second kappa shape index (κ2) is 2.96. The summed E-state index contributed by atoms with van der Waals surface area (Å²) in [7, 11) is 0. The molecule has 0 aromatic heterocycles. The average molecular weight is 182 g/mol. The molecule has 0 saturated carbocycles. The summed E-state index contributed by atoms with van der Waals surface area (Å²) in [6, 6.07) is 0. The van der Waals surface area contributed by atoms with Gasteiger partial charge in [0.15, 0.2) is 0 Å². The van der Waals surface area contributed by atoms with Gasteiger partial charge in [-0.2, -0.15) is 0 Å². The van der Waals surface area contributed by atoms with Crippen LogP contribution in [0.15, 0.2) is 24.3 Å². The van der Waals surface area contributed by atoms with Gasteiger partial charge < -0.3 is 10.2 Å². The minimum Gasteiger partial charge on any atom is -0.388 e. The highest BCUT2D eigenvalue weighted by Gasteiger charge is 2.35. The number of aliphatic hydroxyl groups excluding tert-OH is 1. The standard InChI is InChI=1S/C11H18O2/c1-8-7-10(2,3)9(12)5-6-11(8,4)13/h5-6,9,12-13H,1,7H2,2-4H3. The molecule has 0 aromatic rings. The van der Waals surface area contributed by atoms with E-state index in [9.17, 15) is 10.2 Å². The molecule has 0 fully saturated rings. The summed E-state index contributed by atoms with van der Waals surface area (Å²) in [5, 5.41) is 19.6. The van der Waals surface area contributed by atoms with E-state index in [2.05, 4.69) is 6.58 Å². The second-order valence-corrected chi connectivity index (χ2v) is 4.72. The molecule has 1 aliphatic carbocycles. The first-order valence-electron chi connectivity index (χ1n) is 4.54. The molecule has 0 aromatic carbocycles. The van der Waals surface area contributed by atoms with E-state index in [0.29, 0.717) is 6.42 Å². The van der Waals surface area contributed by atoms with Crippen LogP contribution in [0, 0.1) is 5.41 Å². The van der Waals surface area contributed by atoms with Crippen LogP contribution in [0.2, 0.25) is 0 Å². The number of aliphatic hydroxyl groups is 2. The topological polar surface area (TPSA) is 40.5 Å². The molecular weight excluding hydrogens is 164 g/mol. The predicted octanol–water partition coefficient (Wildman–Crippen LogP) is 1.64. The highest BCUT2D eigenvalue weighted by atomic mass is 16.3. The van der Waals surface area contributed by atoms with Crippen molar-refractivity contribution in [1.82, 2.24) is 0 Å². The third kappa shape index (κ3) is 2.01. The summed E-state index contributed by atoms with van der Waals surface area (Å²) in [4.78, 5) is 0. The van der Waals surface area contributed by atoms with Gasteiger partial charge in [-0.15, -0.1) is 0 Å². The summed E-state index contributed by atoms with van der Waals surface area (Å²) in [5.41, 5.74) is -0.465. The Kier molecular flexibility index (Phi) is 2.39. The van der Waals surface area contributed by atoms with Crippen molar-refractivity contribution in [3.8, 4) is 0 Å². The highest BCUT2D eigenvalue weighted by molar-refractivity contribution is 5.26. The van der Waals surface area contributed by atoms with Crippen molar-refractivity contribution in [1.29, 1.82) is 0 Å². The minimum atomic E-state index is -0.977. The van der Waals surface area contributed by atoms with Gasteiger partial charge in [-0.1, -0.05) is 32.6 Å². The van der Waals surface area contributed by atoms with Crippen LogP contribution in [0.4, 0.5) is 0 Å². The van der Waals surface area contributed by atoms with Gasteiger partial charge in [-0.05, 0) is 24.3 Å². The molecule has 2 nitrogen and oxygen atoms in total. The first-order valence-corrected chi connectivity index (χ1v) is 4.54. The lowest BCUT2D eigenvalue weighted by molar-refractivity contribution is 0.0871. The van der Waals surface area contributed by atoms with Gasteiger partial charge >= 0.3 is 0 Å². The first kappa shape index (κ1) is 10.5. The molecule has 0 heterocycles. The van der Waals surface area contributed by atoms with E-state index in [4.69, 9.17) is 0 Å². The number of rotatable bonds is 0. The maximum absolute atomic E-state index is 9.88. The lowest BCUT2D eigenvalue weighted by Crippen LogP contribution is -2.29. The van der Waals surface area contributed by atoms with Crippen LogP contribution in [0.25, 0.3) is 0 Å². The van der Waals surface area contributed by atoms with Crippen molar-refractivity contribution in [2.75, 3.05) is 0 Å². The van der Waals surface area contributed by atoms with Crippen molar-refractivity contribution in [2.45, 2.75) is 38.9 Å². The Morgan fingerprint density at radius 1 is 1.46 bits per heavy atom. The Bertz CT molecular complexity index is 249. The zero-order valence-electron chi connectivity index (χ0n) is 8.54.